The van der Waals surface area contributed by atoms with Crippen LogP contribution in [0.2, 0.25) is 0 Å². The highest BCUT2D eigenvalue weighted by Crippen LogP contribution is 2.24. The Kier molecular flexibility index (Phi) is 3.17. The van der Waals surface area contributed by atoms with E-state index in [4.69, 9.17) is 5.73 Å². The van der Waals surface area contributed by atoms with Gasteiger partial charge in [-0.15, -0.1) is 5.10 Å². The number of tetrazole rings is 1. The highest BCUT2D eigenvalue weighted by atomic mass is 15.5. The molecule has 5 heteroatoms. The monoisotopic (exact) mass is 279 g/mol. The van der Waals surface area contributed by atoms with E-state index in [0.29, 0.717) is 5.82 Å². The molecule has 1 aromatic heterocycles. The zero-order chi connectivity index (χ0) is 15.0. The molecular weight excluding hydrogens is 262 g/mol. The first-order chi connectivity index (χ1) is 10.1. The maximum atomic E-state index is 5.87. The quantitative estimate of drug-likeness (QED) is 0.732. The van der Waals surface area contributed by atoms with Crippen molar-refractivity contribution in [2.75, 3.05) is 5.73 Å². The summed E-state index contributed by atoms with van der Waals surface area (Å²) in [5.74, 6) is 0.713. The lowest BCUT2D eigenvalue weighted by atomic mass is 10.1. The Bertz CT molecular complexity index is 804. The number of aromatic nitrogens is 4. The molecule has 0 bridgehead atoms. The summed E-state index contributed by atoms with van der Waals surface area (Å²) in [7, 11) is 0. The van der Waals surface area contributed by atoms with Crippen molar-refractivity contribution in [3.63, 3.8) is 0 Å². The molecule has 0 amide bonds. The molecule has 0 saturated carbocycles. The van der Waals surface area contributed by atoms with E-state index in [1.165, 1.54) is 5.56 Å². The molecule has 1 heterocycles. The minimum absolute atomic E-state index is 0.713. The van der Waals surface area contributed by atoms with Crippen molar-refractivity contribution < 1.29 is 0 Å². The lowest BCUT2D eigenvalue weighted by Crippen LogP contribution is -2.02. The first kappa shape index (κ1) is 13.3. The van der Waals surface area contributed by atoms with Crippen LogP contribution in [0.5, 0.6) is 0 Å². The summed E-state index contributed by atoms with van der Waals surface area (Å²) in [6.07, 6.45) is 0. The number of nitrogen functional groups attached to an aromatic ring is 1. The predicted octanol–water partition coefficient (Wildman–Crippen LogP) is 2.84. The summed E-state index contributed by atoms with van der Waals surface area (Å²) >= 11 is 0. The van der Waals surface area contributed by atoms with Gasteiger partial charge in [0, 0.05) is 11.3 Å². The Labute approximate surface area is 123 Å². The van der Waals surface area contributed by atoms with Crippen LogP contribution in [0.4, 0.5) is 5.69 Å². The summed E-state index contributed by atoms with van der Waals surface area (Å²) in [4.78, 5) is 0. The summed E-state index contributed by atoms with van der Waals surface area (Å²) in [5, 5.41) is 12.1. The smallest absolute Gasteiger partial charge is 0.187 e. The zero-order valence-corrected chi connectivity index (χ0v) is 12.3. The zero-order valence-electron chi connectivity index (χ0n) is 12.3. The van der Waals surface area contributed by atoms with Crippen LogP contribution in [0.1, 0.15) is 16.7 Å². The maximum absolute atomic E-state index is 5.87. The highest BCUT2D eigenvalue weighted by Gasteiger charge is 2.13. The second kappa shape index (κ2) is 5.01. The van der Waals surface area contributed by atoms with Crippen molar-refractivity contribution in [2.24, 2.45) is 0 Å². The lowest BCUT2D eigenvalue weighted by Gasteiger charge is -2.09. The molecule has 5 nitrogen and oxygen atoms in total. The molecule has 0 aliphatic carbocycles. The third-order valence-electron chi connectivity index (χ3n) is 3.58. The predicted molar refractivity (Wildman–Crippen MR) is 83.2 cm³/mol. The van der Waals surface area contributed by atoms with Gasteiger partial charge in [0.25, 0.3) is 0 Å². The van der Waals surface area contributed by atoms with Gasteiger partial charge in [0.15, 0.2) is 5.82 Å². The fourth-order valence-corrected chi connectivity index (χ4v) is 2.39. The number of aryl methyl sites for hydroxylation is 3. The van der Waals surface area contributed by atoms with E-state index < -0.39 is 0 Å². The average Bonchev–Trinajstić information content (AvgIpc) is 2.91. The van der Waals surface area contributed by atoms with Gasteiger partial charge in [-0.05, 0) is 66.6 Å². The van der Waals surface area contributed by atoms with Crippen molar-refractivity contribution in [1.82, 2.24) is 20.2 Å². The topological polar surface area (TPSA) is 69.6 Å². The van der Waals surface area contributed by atoms with E-state index in [-0.39, 0.29) is 0 Å². The number of hydrogen-bond acceptors (Lipinski definition) is 4. The van der Waals surface area contributed by atoms with Crippen LogP contribution in [0, 0.1) is 20.8 Å². The Morgan fingerprint density at radius 2 is 1.76 bits per heavy atom. The van der Waals surface area contributed by atoms with Crippen molar-refractivity contribution in [1.29, 1.82) is 0 Å². The molecule has 21 heavy (non-hydrogen) atoms. The lowest BCUT2D eigenvalue weighted by molar-refractivity contribution is 0.787. The number of nitrogens with zero attached hydrogens (tertiary/aromatic N) is 4. The summed E-state index contributed by atoms with van der Waals surface area (Å²) < 4.78 is 1.76. The second-order valence-corrected chi connectivity index (χ2v) is 5.28. The molecule has 0 unspecified atom stereocenters. The van der Waals surface area contributed by atoms with Crippen LogP contribution in [0.15, 0.2) is 36.4 Å². The van der Waals surface area contributed by atoms with Gasteiger partial charge >= 0.3 is 0 Å². The van der Waals surface area contributed by atoms with Crippen LogP contribution in [-0.4, -0.2) is 20.2 Å². The fourth-order valence-electron chi connectivity index (χ4n) is 2.39. The van der Waals surface area contributed by atoms with Gasteiger partial charge in [-0.25, -0.2) is 0 Å². The maximum Gasteiger partial charge on any atom is 0.187 e. The first-order valence-corrected chi connectivity index (χ1v) is 6.79. The fraction of sp³-hybridized carbons (Fsp3) is 0.188. The minimum atomic E-state index is 0.713. The molecule has 0 spiro atoms. The van der Waals surface area contributed by atoms with Crippen LogP contribution in [0.25, 0.3) is 17.1 Å². The number of rotatable bonds is 2. The first-order valence-electron chi connectivity index (χ1n) is 6.79. The van der Waals surface area contributed by atoms with E-state index in [1.807, 2.05) is 31.2 Å². The molecule has 3 rings (SSSR count). The number of anilines is 1. The van der Waals surface area contributed by atoms with E-state index in [0.717, 1.165) is 28.1 Å². The SMILES string of the molecule is Cc1ccc(-n2nnnc2-c2ccc(N)c(C)c2)c(C)c1. The Hall–Kier alpha value is -2.69. The number of hydrogen-bond donors (Lipinski definition) is 1. The molecular formula is C16H17N5. The molecule has 3 aromatic rings. The number of benzene rings is 2. The minimum Gasteiger partial charge on any atom is -0.399 e. The molecule has 106 valence electrons. The van der Waals surface area contributed by atoms with Gasteiger partial charge < -0.3 is 5.73 Å². The van der Waals surface area contributed by atoms with Gasteiger partial charge in [-0.3, -0.25) is 0 Å². The van der Waals surface area contributed by atoms with E-state index in [9.17, 15) is 0 Å². The highest BCUT2D eigenvalue weighted by molar-refractivity contribution is 5.63. The van der Waals surface area contributed by atoms with Gasteiger partial charge in [0.1, 0.15) is 0 Å². The van der Waals surface area contributed by atoms with Crippen molar-refractivity contribution in [3.8, 4) is 17.1 Å². The molecule has 0 fully saturated rings. The molecule has 0 atom stereocenters. The Morgan fingerprint density at radius 3 is 2.48 bits per heavy atom. The van der Waals surface area contributed by atoms with Crippen LogP contribution in [-0.2, 0) is 0 Å². The van der Waals surface area contributed by atoms with Crippen molar-refractivity contribution in [2.45, 2.75) is 20.8 Å². The standard InChI is InChI=1S/C16H17N5/c1-10-4-7-15(12(3)8-10)21-16(18-19-20-21)13-5-6-14(17)11(2)9-13/h4-9H,17H2,1-3H3. The van der Waals surface area contributed by atoms with Gasteiger partial charge in [-0.2, -0.15) is 4.68 Å². The van der Waals surface area contributed by atoms with Gasteiger partial charge in [-0.1, -0.05) is 17.7 Å². The molecule has 0 saturated heterocycles. The van der Waals surface area contributed by atoms with Crippen molar-refractivity contribution >= 4 is 5.69 Å². The second-order valence-electron chi connectivity index (χ2n) is 5.28. The Morgan fingerprint density at radius 1 is 0.952 bits per heavy atom. The Balaban J connectivity index is 2.14. The van der Waals surface area contributed by atoms with Gasteiger partial charge in [0.2, 0.25) is 0 Å². The third kappa shape index (κ3) is 2.38. The average molecular weight is 279 g/mol. The van der Waals surface area contributed by atoms with E-state index >= 15 is 0 Å². The van der Waals surface area contributed by atoms with E-state index in [2.05, 4.69) is 41.5 Å². The molecule has 2 N–H and O–H groups in total. The van der Waals surface area contributed by atoms with Gasteiger partial charge in [0.05, 0.1) is 5.69 Å². The van der Waals surface area contributed by atoms with Crippen molar-refractivity contribution in [3.05, 3.63) is 53.1 Å². The molecule has 2 aromatic carbocycles. The normalized spacial score (nSPS) is 10.8. The van der Waals surface area contributed by atoms with Crippen LogP contribution in [0.3, 0.4) is 0 Å². The summed E-state index contributed by atoms with van der Waals surface area (Å²) in [6.45, 7) is 6.10. The largest absolute Gasteiger partial charge is 0.399 e. The number of nitrogens with two attached hydrogens (primary N) is 1. The molecule has 0 aliphatic rings. The third-order valence-corrected chi connectivity index (χ3v) is 3.58. The summed E-state index contributed by atoms with van der Waals surface area (Å²) in [6, 6.07) is 12.0. The molecule has 0 aliphatic heterocycles. The summed E-state index contributed by atoms with van der Waals surface area (Å²) in [5.41, 5.74) is 11.9. The van der Waals surface area contributed by atoms with E-state index in [1.54, 1.807) is 4.68 Å². The van der Waals surface area contributed by atoms with Crippen LogP contribution < -0.4 is 5.73 Å². The van der Waals surface area contributed by atoms with Crippen LogP contribution >= 0.6 is 0 Å². The molecule has 0 radical (unpaired) electrons.